The van der Waals surface area contributed by atoms with Gasteiger partial charge in [0.2, 0.25) is 6.79 Å². The highest BCUT2D eigenvalue weighted by atomic mass is 16.7. The molecule has 1 aromatic heterocycles. The van der Waals surface area contributed by atoms with Gasteiger partial charge in [0.25, 0.3) is 5.91 Å². The van der Waals surface area contributed by atoms with Gasteiger partial charge in [-0.15, -0.1) is 5.10 Å². The lowest BCUT2D eigenvalue weighted by Gasteiger charge is -2.09. The molecular weight excluding hydrogens is 396 g/mol. The van der Waals surface area contributed by atoms with Gasteiger partial charge in [0.05, 0.1) is 24.7 Å². The lowest BCUT2D eigenvalue weighted by Crippen LogP contribution is -2.11. The second-order valence-electron chi connectivity index (χ2n) is 6.83. The first-order chi connectivity index (χ1) is 15.2. The molecule has 0 saturated heterocycles. The molecule has 1 aliphatic heterocycles. The Morgan fingerprint density at radius 3 is 2.55 bits per heavy atom. The Bertz CT molecular complexity index is 1230. The molecule has 0 aliphatic carbocycles. The summed E-state index contributed by atoms with van der Waals surface area (Å²) in [6.45, 7) is 0.169. The lowest BCUT2D eigenvalue weighted by atomic mass is 10.1. The maximum absolute atomic E-state index is 12.6. The zero-order valence-electron chi connectivity index (χ0n) is 16.6. The van der Waals surface area contributed by atoms with Crippen LogP contribution in [0.15, 0.2) is 72.9 Å². The van der Waals surface area contributed by atoms with Crippen molar-refractivity contribution in [1.29, 1.82) is 0 Å². The van der Waals surface area contributed by atoms with Crippen LogP contribution in [0.2, 0.25) is 0 Å². The van der Waals surface area contributed by atoms with Crippen molar-refractivity contribution in [2.45, 2.75) is 0 Å². The van der Waals surface area contributed by atoms with E-state index in [-0.39, 0.29) is 12.7 Å². The van der Waals surface area contributed by atoms with Crippen molar-refractivity contribution in [2.24, 2.45) is 0 Å². The van der Waals surface area contributed by atoms with Crippen LogP contribution in [0.1, 0.15) is 10.4 Å². The summed E-state index contributed by atoms with van der Waals surface area (Å²) in [5, 5.41) is 11.1. The molecule has 0 radical (unpaired) electrons. The largest absolute Gasteiger partial charge is 0.497 e. The van der Waals surface area contributed by atoms with E-state index in [1.54, 1.807) is 36.2 Å². The molecule has 1 aliphatic rings. The van der Waals surface area contributed by atoms with E-state index in [9.17, 15) is 4.79 Å². The number of methoxy groups -OCH3 is 1. The maximum atomic E-state index is 12.6. The Hall–Kier alpha value is -4.33. The molecule has 4 aromatic rings. The fourth-order valence-corrected chi connectivity index (χ4v) is 3.31. The quantitative estimate of drug-likeness (QED) is 0.533. The molecule has 1 amide bonds. The van der Waals surface area contributed by atoms with Gasteiger partial charge in [0.15, 0.2) is 11.5 Å². The normalized spacial score (nSPS) is 11.9. The van der Waals surface area contributed by atoms with Gasteiger partial charge in [0, 0.05) is 16.8 Å². The minimum atomic E-state index is -0.231. The van der Waals surface area contributed by atoms with Crippen LogP contribution < -0.4 is 19.5 Å². The first-order valence-corrected chi connectivity index (χ1v) is 9.58. The van der Waals surface area contributed by atoms with Crippen molar-refractivity contribution < 1.29 is 19.0 Å². The van der Waals surface area contributed by atoms with Crippen molar-refractivity contribution in [2.75, 3.05) is 19.2 Å². The number of amides is 1. The van der Waals surface area contributed by atoms with Crippen LogP contribution in [0, 0.1) is 0 Å². The molecule has 5 rings (SSSR count). The molecule has 0 spiro atoms. The zero-order valence-corrected chi connectivity index (χ0v) is 16.6. The standard InChI is InChI=1S/C23H18N4O4/c1-29-19-9-2-15(3-10-19)20-13-24-26-27(20)18-7-5-17(6-8-18)25-23(28)16-4-11-21-22(12-16)31-14-30-21/h2-13H,14H2,1H3,(H,25,28). The van der Waals surface area contributed by atoms with Crippen LogP contribution >= 0.6 is 0 Å². The number of ether oxygens (including phenoxy) is 3. The summed E-state index contributed by atoms with van der Waals surface area (Å²) in [5.74, 6) is 1.76. The van der Waals surface area contributed by atoms with E-state index in [4.69, 9.17) is 14.2 Å². The van der Waals surface area contributed by atoms with E-state index in [0.29, 0.717) is 22.7 Å². The average molecular weight is 414 g/mol. The fourth-order valence-electron chi connectivity index (χ4n) is 3.31. The summed E-state index contributed by atoms with van der Waals surface area (Å²) in [7, 11) is 1.63. The van der Waals surface area contributed by atoms with E-state index in [1.165, 1.54) is 0 Å². The summed E-state index contributed by atoms with van der Waals surface area (Å²) in [6.07, 6.45) is 1.71. The van der Waals surface area contributed by atoms with Gasteiger partial charge >= 0.3 is 0 Å². The van der Waals surface area contributed by atoms with Gasteiger partial charge in [-0.3, -0.25) is 4.79 Å². The third kappa shape index (κ3) is 3.66. The summed E-state index contributed by atoms with van der Waals surface area (Å²) in [4.78, 5) is 12.6. The van der Waals surface area contributed by atoms with E-state index in [2.05, 4.69) is 15.6 Å². The van der Waals surface area contributed by atoms with E-state index in [1.807, 2.05) is 48.5 Å². The smallest absolute Gasteiger partial charge is 0.255 e. The summed E-state index contributed by atoms with van der Waals surface area (Å²) in [5.41, 5.74) is 3.79. The summed E-state index contributed by atoms with van der Waals surface area (Å²) in [6, 6.07) is 20.2. The molecule has 8 nitrogen and oxygen atoms in total. The number of rotatable bonds is 5. The minimum Gasteiger partial charge on any atom is -0.497 e. The number of fused-ring (bicyclic) bond motifs is 1. The highest BCUT2D eigenvalue weighted by Gasteiger charge is 2.16. The van der Waals surface area contributed by atoms with Crippen LogP contribution in [0.3, 0.4) is 0 Å². The molecule has 31 heavy (non-hydrogen) atoms. The highest BCUT2D eigenvalue weighted by Crippen LogP contribution is 2.32. The molecule has 0 bridgehead atoms. The van der Waals surface area contributed by atoms with Gasteiger partial charge < -0.3 is 19.5 Å². The van der Waals surface area contributed by atoms with Crippen LogP contribution in [0.25, 0.3) is 16.9 Å². The Balaban J connectivity index is 1.34. The number of hydrogen-bond acceptors (Lipinski definition) is 6. The van der Waals surface area contributed by atoms with Crippen molar-refractivity contribution in [3.8, 4) is 34.2 Å². The van der Waals surface area contributed by atoms with E-state index < -0.39 is 0 Å². The number of anilines is 1. The Kier molecular flexibility index (Phi) is 4.72. The zero-order chi connectivity index (χ0) is 21.2. The van der Waals surface area contributed by atoms with Crippen LogP contribution in [-0.4, -0.2) is 34.8 Å². The molecule has 0 fully saturated rings. The molecule has 0 atom stereocenters. The molecule has 154 valence electrons. The third-order valence-corrected chi connectivity index (χ3v) is 4.94. The fraction of sp³-hybridized carbons (Fsp3) is 0.0870. The van der Waals surface area contributed by atoms with E-state index >= 15 is 0 Å². The first-order valence-electron chi connectivity index (χ1n) is 9.58. The van der Waals surface area contributed by atoms with Crippen molar-refractivity contribution in [1.82, 2.24) is 15.0 Å². The summed E-state index contributed by atoms with van der Waals surface area (Å²) >= 11 is 0. The average Bonchev–Trinajstić information content (AvgIpc) is 3.49. The molecule has 0 saturated carbocycles. The molecule has 0 unspecified atom stereocenters. The van der Waals surface area contributed by atoms with Crippen LogP contribution in [0.4, 0.5) is 5.69 Å². The van der Waals surface area contributed by atoms with Crippen LogP contribution in [0.5, 0.6) is 17.2 Å². The number of carbonyl (C=O) groups is 1. The third-order valence-electron chi connectivity index (χ3n) is 4.94. The SMILES string of the molecule is COc1ccc(-c2cnnn2-c2ccc(NC(=O)c3ccc4c(c3)OCO4)cc2)cc1. The molecule has 3 aromatic carbocycles. The number of nitrogens with zero attached hydrogens (tertiary/aromatic N) is 3. The monoisotopic (exact) mass is 414 g/mol. The number of aromatic nitrogens is 3. The molecule has 2 heterocycles. The van der Waals surface area contributed by atoms with Crippen molar-refractivity contribution >= 4 is 11.6 Å². The van der Waals surface area contributed by atoms with Crippen LogP contribution in [-0.2, 0) is 0 Å². The molecule has 1 N–H and O–H groups in total. The maximum Gasteiger partial charge on any atom is 0.255 e. The van der Waals surface area contributed by atoms with Gasteiger partial charge in [-0.1, -0.05) is 5.21 Å². The Morgan fingerprint density at radius 2 is 1.77 bits per heavy atom. The van der Waals surface area contributed by atoms with Gasteiger partial charge in [-0.05, 0) is 66.7 Å². The molecular formula is C23H18N4O4. The Morgan fingerprint density at radius 1 is 1.00 bits per heavy atom. The number of carbonyl (C=O) groups excluding carboxylic acids is 1. The second-order valence-corrected chi connectivity index (χ2v) is 6.83. The predicted octanol–water partition coefficient (Wildman–Crippen LogP) is 3.92. The second kappa shape index (κ2) is 7.83. The van der Waals surface area contributed by atoms with Gasteiger partial charge in [0.1, 0.15) is 5.75 Å². The minimum absolute atomic E-state index is 0.169. The van der Waals surface area contributed by atoms with Gasteiger partial charge in [-0.2, -0.15) is 0 Å². The van der Waals surface area contributed by atoms with Crippen molar-refractivity contribution in [3.63, 3.8) is 0 Å². The molecule has 8 heteroatoms. The number of nitrogens with one attached hydrogen (secondary N) is 1. The lowest BCUT2D eigenvalue weighted by molar-refractivity contribution is 0.102. The highest BCUT2D eigenvalue weighted by molar-refractivity contribution is 6.04. The Labute approximate surface area is 178 Å². The predicted molar refractivity (Wildman–Crippen MR) is 114 cm³/mol. The topological polar surface area (TPSA) is 87.5 Å². The van der Waals surface area contributed by atoms with E-state index in [0.717, 1.165) is 22.7 Å². The first kappa shape index (κ1) is 18.7. The van der Waals surface area contributed by atoms with Gasteiger partial charge in [-0.25, -0.2) is 4.68 Å². The summed E-state index contributed by atoms with van der Waals surface area (Å²) < 4.78 is 17.6. The number of benzene rings is 3. The number of hydrogen-bond donors (Lipinski definition) is 1. The van der Waals surface area contributed by atoms with Crippen molar-refractivity contribution in [3.05, 3.63) is 78.5 Å².